The standard InChI is InChI=1S/C13H20O/c1-9(14)13-6-10-2-3-11(7-13)5-12(4-10)8-13/h10-12H,2-8H2,1H3. The van der Waals surface area contributed by atoms with Gasteiger partial charge in [-0.15, -0.1) is 0 Å². The molecule has 2 unspecified atom stereocenters. The van der Waals surface area contributed by atoms with Crippen LogP contribution in [0.4, 0.5) is 0 Å². The van der Waals surface area contributed by atoms with Gasteiger partial charge in [0.05, 0.1) is 0 Å². The minimum absolute atomic E-state index is 0.146. The highest BCUT2D eigenvalue weighted by molar-refractivity contribution is 5.82. The van der Waals surface area contributed by atoms with Gasteiger partial charge in [-0.3, -0.25) is 4.79 Å². The maximum absolute atomic E-state index is 11.9. The molecule has 4 aliphatic rings. The average molecular weight is 192 g/mol. The summed E-state index contributed by atoms with van der Waals surface area (Å²) in [6, 6.07) is 0. The number of Topliss-reactive ketones (excluding diaryl/α,β-unsaturated/α-hetero) is 1. The third kappa shape index (κ3) is 1.17. The van der Waals surface area contributed by atoms with Gasteiger partial charge in [-0.05, 0) is 56.8 Å². The normalized spacial score (nSPS) is 50.5. The van der Waals surface area contributed by atoms with Crippen molar-refractivity contribution in [2.24, 2.45) is 23.2 Å². The fraction of sp³-hybridized carbons (Fsp3) is 0.923. The van der Waals surface area contributed by atoms with E-state index in [1.807, 2.05) is 6.92 Å². The molecule has 4 saturated carbocycles. The molecule has 78 valence electrons. The Bertz CT molecular complexity index is 252. The van der Waals surface area contributed by atoms with E-state index in [-0.39, 0.29) is 5.41 Å². The van der Waals surface area contributed by atoms with E-state index < -0.39 is 0 Å². The molecule has 0 aromatic carbocycles. The summed E-state index contributed by atoms with van der Waals surface area (Å²) in [4.78, 5) is 11.9. The molecule has 0 saturated heterocycles. The van der Waals surface area contributed by atoms with Crippen molar-refractivity contribution in [1.82, 2.24) is 0 Å². The molecule has 4 fully saturated rings. The zero-order valence-electron chi connectivity index (χ0n) is 9.09. The molecule has 0 aromatic heterocycles. The van der Waals surface area contributed by atoms with E-state index in [2.05, 4.69) is 0 Å². The highest BCUT2D eigenvalue weighted by Crippen LogP contribution is 2.57. The Morgan fingerprint density at radius 2 is 1.50 bits per heavy atom. The fourth-order valence-corrected chi connectivity index (χ4v) is 4.62. The summed E-state index contributed by atoms with van der Waals surface area (Å²) in [7, 11) is 0. The van der Waals surface area contributed by atoms with Crippen LogP contribution in [0.5, 0.6) is 0 Å². The van der Waals surface area contributed by atoms with E-state index in [9.17, 15) is 4.79 Å². The van der Waals surface area contributed by atoms with Gasteiger partial charge in [-0.2, -0.15) is 0 Å². The zero-order valence-corrected chi connectivity index (χ0v) is 9.09. The summed E-state index contributed by atoms with van der Waals surface area (Å²) in [5, 5.41) is 0. The van der Waals surface area contributed by atoms with Crippen LogP contribution in [0.15, 0.2) is 0 Å². The second-order valence-electron chi connectivity index (χ2n) is 6.10. The zero-order chi connectivity index (χ0) is 9.76. The third-order valence-electron chi connectivity index (χ3n) is 5.10. The Balaban J connectivity index is 1.97. The largest absolute Gasteiger partial charge is 0.299 e. The molecule has 14 heavy (non-hydrogen) atoms. The number of rotatable bonds is 1. The lowest BCUT2D eigenvalue weighted by Gasteiger charge is -2.46. The maximum Gasteiger partial charge on any atom is 0.135 e. The van der Waals surface area contributed by atoms with Gasteiger partial charge in [-0.1, -0.05) is 12.8 Å². The number of hydrogen-bond acceptors (Lipinski definition) is 1. The Morgan fingerprint density at radius 3 is 2.00 bits per heavy atom. The first kappa shape index (κ1) is 8.94. The Hall–Kier alpha value is -0.330. The summed E-state index contributed by atoms with van der Waals surface area (Å²) in [6.07, 6.45) is 9.39. The first-order valence-electron chi connectivity index (χ1n) is 6.19. The lowest BCUT2D eigenvalue weighted by Crippen LogP contribution is -2.42. The molecule has 0 heterocycles. The highest BCUT2D eigenvalue weighted by atomic mass is 16.1. The molecule has 0 aliphatic heterocycles. The van der Waals surface area contributed by atoms with Crippen molar-refractivity contribution in [1.29, 1.82) is 0 Å². The minimum atomic E-state index is 0.146. The van der Waals surface area contributed by atoms with Crippen LogP contribution in [0, 0.1) is 23.2 Å². The van der Waals surface area contributed by atoms with E-state index in [0.717, 1.165) is 17.8 Å². The van der Waals surface area contributed by atoms with Gasteiger partial charge >= 0.3 is 0 Å². The van der Waals surface area contributed by atoms with Crippen LogP contribution in [-0.2, 0) is 4.79 Å². The SMILES string of the molecule is CC(=O)C12CC3CCC(CC(C3)C1)C2. The molecule has 0 amide bonds. The van der Waals surface area contributed by atoms with Gasteiger partial charge in [0.2, 0.25) is 0 Å². The van der Waals surface area contributed by atoms with E-state index in [4.69, 9.17) is 0 Å². The van der Waals surface area contributed by atoms with E-state index in [1.54, 1.807) is 0 Å². The molecule has 4 aliphatic carbocycles. The number of carbonyl (C=O) groups excluding carboxylic acids is 1. The van der Waals surface area contributed by atoms with Gasteiger partial charge in [0.15, 0.2) is 0 Å². The Kier molecular flexibility index (Phi) is 1.81. The monoisotopic (exact) mass is 192 g/mol. The van der Waals surface area contributed by atoms with Crippen LogP contribution in [-0.4, -0.2) is 5.78 Å². The molecule has 0 radical (unpaired) electrons. The first-order chi connectivity index (χ1) is 6.68. The molecule has 4 bridgehead atoms. The van der Waals surface area contributed by atoms with Crippen LogP contribution in [0.2, 0.25) is 0 Å². The van der Waals surface area contributed by atoms with Crippen LogP contribution in [0.25, 0.3) is 0 Å². The number of fused-ring (bicyclic) bond motifs is 1. The summed E-state index contributed by atoms with van der Waals surface area (Å²) in [5.74, 6) is 3.19. The minimum Gasteiger partial charge on any atom is -0.299 e. The molecule has 0 spiro atoms. The molecule has 1 heteroatoms. The summed E-state index contributed by atoms with van der Waals surface area (Å²) in [6.45, 7) is 1.84. The molecular formula is C13H20O. The predicted molar refractivity (Wildman–Crippen MR) is 55.9 cm³/mol. The summed E-state index contributed by atoms with van der Waals surface area (Å²) >= 11 is 0. The molecule has 4 rings (SSSR count). The number of hydrogen-bond donors (Lipinski definition) is 0. The lowest BCUT2D eigenvalue weighted by molar-refractivity contribution is -0.133. The third-order valence-corrected chi connectivity index (χ3v) is 5.10. The van der Waals surface area contributed by atoms with Gasteiger partial charge in [-0.25, -0.2) is 0 Å². The van der Waals surface area contributed by atoms with Crippen molar-refractivity contribution in [2.45, 2.75) is 51.9 Å². The highest BCUT2D eigenvalue weighted by Gasteiger charge is 2.50. The van der Waals surface area contributed by atoms with Gasteiger partial charge in [0.1, 0.15) is 5.78 Å². The summed E-state index contributed by atoms with van der Waals surface area (Å²) < 4.78 is 0. The molecule has 1 nitrogen and oxygen atoms in total. The topological polar surface area (TPSA) is 17.1 Å². The van der Waals surface area contributed by atoms with Gasteiger partial charge < -0.3 is 0 Å². The van der Waals surface area contributed by atoms with Crippen molar-refractivity contribution < 1.29 is 4.79 Å². The van der Waals surface area contributed by atoms with Crippen molar-refractivity contribution >= 4 is 5.78 Å². The van der Waals surface area contributed by atoms with Crippen molar-refractivity contribution in [2.75, 3.05) is 0 Å². The Morgan fingerprint density at radius 1 is 1.00 bits per heavy atom. The Labute approximate surface area is 86.3 Å². The summed E-state index contributed by atoms with van der Waals surface area (Å²) in [5.41, 5.74) is 0.146. The van der Waals surface area contributed by atoms with Crippen molar-refractivity contribution in [3.63, 3.8) is 0 Å². The number of carbonyl (C=O) groups is 1. The van der Waals surface area contributed by atoms with Crippen LogP contribution in [0.3, 0.4) is 0 Å². The molecule has 0 aromatic rings. The lowest BCUT2D eigenvalue weighted by atomic mass is 9.57. The van der Waals surface area contributed by atoms with E-state index >= 15 is 0 Å². The van der Waals surface area contributed by atoms with E-state index in [1.165, 1.54) is 44.9 Å². The van der Waals surface area contributed by atoms with Crippen molar-refractivity contribution in [3.05, 3.63) is 0 Å². The molecular weight excluding hydrogens is 172 g/mol. The fourth-order valence-electron chi connectivity index (χ4n) is 4.62. The smallest absolute Gasteiger partial charge is 0.135 e. The number of ketones is 1. The average Bonchev–Trinajstić information content (AvgIpc) is 2.32. The van der Waals surface area contributed by atoms with Gasteiger partial charge in [0.25, 0.3) is 0 Å². The van der Waals surface area contributed by atoms with Crippen LogP contribution in [0.1, 0.15) is 51.9 Å². The molecule has 0 N–H and O–H groups in total. The second kappa shape index (κ2) is 2.84. The van der Waals surface area contributed by atoms with Gasteiger partial charge in [0, 0.05) is 5.41 Å². The van der Waals surface area contributed by atoms with Crippen LogP contribution < -0.4 is 0 Å². The molecule has 2 atom stereocenters. The maximum atomic E-state index is 11.9. The van der Waals surface area contributed by atoms with Crippen molar-refractivity contribution in [3.8, 4) is 0 Å². The van der Waals surface area contributed by atoms with E-state index in [0.29, 0.717) is 5.78 Å². The second-order valence-corrected chi connectivity index (χ2v) is 6.10. The quantitative estimate of drug-likeness (QED) is 0.623. The van der Waals surface area contributed by atoms with Crippen LogP contribution >= 0.6 is 0 Å². The first-order valence-corrected chi connectivity index (χ1v) is 6.19. The predicted octanol–water partition coefficient (Wildman–Crippen LogP) is 3.18.